The van der Waals surface area contributed by atoms with Crippen molar-refractivity contribution in [3.63, 3.8) is 0 Å². The van der Waals surface area contributed by atoms with Crippen molar-refractivity contribution in [2.24, 2.45) is 0 Å². The summed E-state index contributed by atoms with van der Waals surface area (Å²) in [5.74, 6) is 2.55. The Hall–Kier alpha value is -0.520. The van der Waals surface area contributed by atoms with Crippen molar-refractivity contribution >= 4 is 0 Å². The van der Waals surface area contributed by atoms with Crippen molar-refractivity contribution < 1.29 is 9.47 Å². The molecule has 1 aliphatic rings. The zero-order valence-corrected chi connectivity index (χ0v) is 6.39. The van der Waals surface area contributed by atoms with Crippen LogP contribution in [0.1, 0.15) is 13.8 Å². The molecule has 56 valence electrons. The molecule has 2 nitrogen and oxygen atoms in total. The molecule has 0 saturated carbocycles. The van der Waals surface area contributed by atoms with Crippen LogP contribution in [0.5, 0.6) is 0 Å². The second-order valence-electron chi connectivity index (χ2n) is 2.92. The molecule has 1 rings (SSSR count). The fourth-order valence-electron chi connectivity index (χ4n) is 0.507. The molecule has 1 fully saturated rings. The number of rotatable bonds is 3. The normalized spacial score (nSPS) is 23.9. The van der Waals surface area contributed by atoms with E-state index >= 15 is 0 Å². The van der Waals surface area contributed by atoms with Gasteiger partial charge in [-0.1, -0.05) is 5.92 Å². The molecule has 0 aromatic rings. The zero-order valence-electron chi connectivity index (χ0n) is 6.39. The fourth-order valence-corrected chi connectivity index (χ4v) is 0.507. The molecule has 0 aromatic carbocycles. The molecule has 10 heavy (non-hydrogen) atoms. The molecule has 0 amide bonds. The summed E-state index contributed by atoms with van der Waals surface area (Å²) in [6.45, 7) is 5.18. The molecule has 0 spiro atoms. The molecule has 0 unspecified atom stereocenters. The van der Waals surface area contributed by atoms with Crippen molar-refractivity contribution in [3.05, 3.63) is 0 Å². The van der Waals surface area contributed by atoms with Gasteiger partial charge in [0.15, 0.2) is 0 Å². The maximum atomic E-state index is 5.34. The van der Waals surface area contributed by atoms with E-state index in [9.17, 15) is 0 Å². The van der Waals surface area contributed by atoms with Gasteiger partial charge in [0.25, 0.3) is 0 Å². The number of hydrogen-bond donors (Lipinski definition) is 0. The average Bonchev–Trinajstić information content (AvgIpc) is 2.66. The van der Waals surface area contributed by atoms with Gasteiger partial charge in [0.05, 0.1) is 13.2 Å². The molecule has 1 heterocycles. The van der Waals surface area contributed by atoms with Crippen LogP contribution in [0.3, 0.4) is 0 Å². The van der Waals surface area contributed by atoms with Crippen LogP contribution in [-0.2, 0) is 9.47 Å². The van der Waals surface area contributed by atoms with E-state index in [0.717, 1.165) is 6.61 Å². The standard InChI is InChI=1S/C8H12O2/c1-4-8(2,3)10-6-7-5-9-7/h1,7H,5-6H2,2-3H3/t7-/m1/s1. The van der Waals surface area contributed by atoms with Gasteiger partial charge in [0.2, 0.25) is 0 Å². The molecule has 0 bridgehead atoms. The van der Waals surface area contributed by atoms with E-state index in [1.165, 1.54) is 0 Å². The maximum absolute atomic E-state index is 5.34. The largest absolute Gasteiger partial charge is 0.371 e. The SMILES string of the molecule is C#CC(C)(C)OC[C@H]1CO1. The molecule has 0 N–H and O–H groups in total. The fraction of sp³-hybridized carbons (Fsp3) is 0.750. The van der Waals surface area contributed by atoms with E-state index < -0.39 is 5.60 Å². The second kappa shape index (κ2) is 2.61. The maximum Gasteiger partial charge on any atom is 0.122 e. The highest BCUT2D eigenvalue weighted by atomic mass is 16.6. The first kappa shape index (κ1) is 7.59. The molecule has 0 aliphatic carbocycles. The summed E-state index contributed by atoms with van der Waals surface area (Å²) < 4.78 is 10.3. The van der Waals surface area contributed by atoms with Gasteiger partial charge in [0, 0.05) is 0 Å². The van der Waals surface area contributed by atoms with Crippen molar-refractivity contribution in [3.8, 4) is 12.3 Å². The van der Waals surface area contributed by atoms with Crippen molar-refractivity contribution in [1.29, 1.82) is 0 Å². The molecular formula is C8H12O2. The van der Waals surface area contributed by atoms with Gasteiger partial charge < -0.3 is 9.47 Å². The van der Waals surface area contributed by atoms with Crippen LogP contribution >= 0.6 is 0 Å². The van der Waals surface area contributed by atoms with Gasteiger partial charge in [-0.15, -0.1) is 6.42 Å². The minimum Gasteiger partial charge on any atom is -0.371 e. The van der Waals surface area contributed by atoms with E-state index in [4.69, 9.17) is 15.9 Å². The number of ether oxygens (including phenoxy) is 2. The molecule has 0 aromatic heterocycles. The van der Waals surface area contributed by atoms with Gasteiger partial charge in [0.1, 0.15) is 11.7 Å². The summed E-state index contributed by atoms with van der Waals surface area (Å²) in [7, 11) is 0. The highest BCUT2D eigenvalue weighted by Crippen LogP contribution is 2.14. The number of terminal acetylenes is 1. The van der Waals surface area contributed by atoms with E-state index in [2.05, 4.69) is 5.92 Å². The summed E-state index contributed by atoms with van der Waals surface area (Å²) in [4.78, 5) is 0. The lowest BCUT2D eigenvalue weighted by molar-refractivity contribution is 0.0179. The zero-order chi connectivity index (χ0) is 7.61. The number of epoxide rings is 1. The summed E-state index contributed by atoms with van der Waals surface area (Å²) in [5, 5.41) is 0. The van der Waals surface area contributed by atoms with E-state index in [1.807, 2.05) is 13.8 Å². The Kier molecular flexibility index (Phi) is 1.98. The minimum absolute atomic E-state index is 0.299. The topological polar surface area (TPSA) is 21.8 Å². The predicted molar refractivity (Wildman–Crippen MR) is 38.6 cm³/mol. The van der Waals surface area contributed by atoms with Crippen LogP contribution in [0.4, 0.5) is 0 Å². The summed E-state index contributed by atoms with van der Waals surface area (Å²) >= 11 is 0. The lowest BCUT2D eigenvalue weighted by Gasteiger charge is -2.17. The Morgan fingerprint density at radius 3 is 2.80 bits per heavy atom. The van der Waals surface area contributed by atoms with Crippen LogP contribution in [0.25, 0.3) is 0 Å². The Labute approximate surface area is 61.5 Å². The van der Waals surface area contributed by atoms with Crippen LogP contribution in [0.15, 0.2) is 0 Å². The third-order valence-electron chi connectivity index (χ3n) is 1.38. The van der Waals surface area contributed by atoms with E-state index in [-0.39, 0.29) is 0 Å². The first-order valence-electron chi connectivity index (χ1n) is 3.37. The quantitative estimate of drug-likeness (QED) is 0.427. The molecule has 1 atom stereocenters. The minimum atomic E-state index is -0.439. The highest BCUT2D eigenvalue weighted by molar-refractivity contribution is 5.03. The van der Waals surface area contributed by atoms with Gasteiger partial charge in [-0.2, -0.15) is 0 Å². The third kappa shape index (κ3) is 2.38. The molecule has 0 radical (unpaired) electrons. The van der Waals surface area contributed by atoms with Crippen molar-refractivity contribution in [2.45, 2.75) is 25.6 Å². The monoisotopic (exact) mass is 140 g/mol. The smallest absolute Gasteiger partial charge is 0.122 e. The van der Waals surface area contributed by atoms with E-state index in [0.29, 0.717) is 12.7 Å². The lowest BCUT2D eigenvalue weighted by Crippen LogP contribution is -2.23. The lowest BCUT2D eigenvalue weighted by atomic mass is 10.1. The molecule has 1 aliphatic heterocycles. The third-order valence-corrected chi connectivity index (χ3v) is 1.38. The highest BCUT2D eigenvalue weighted by Gasteiger charge is 2.25. The van der Waals surface area contributed by atoms with Crippen LogP contribution < -0.4 is 0 Å². The van der Waals surface area contributed by atoms with Crippen LogP contribution in [0, 0.1) is 12.3 Å². The first-order chi connectivity index (χ1) is 4.64. The van der Waals surface area contributed by atoms with Gasteiger partial charge >= 0.3 is 0 Å². The number of hydrogen-bond acceptors (Lipinski definition) is 2. The van der Waals surface area contributed by atoms with Gasteiger partial charge in [-0.3, -0.25) is 0 Å². The predicted octanol–water partition coefficient (Wildman–Crippen LogP) is 0.814. The van der Waals surface area contributed by atoms with Crippen LogP contribution in [0.2, 0.25) is 0 Å². The summed E-state index contributed by atoms with van der Waals surface area (Å²) in [5.41, 5.74) is -0.439. The van der Waals surface area contributed by atoms with E-state index in [1.54, 1.807) is 0 Å². The Bertz CT molecular complexity index is 151. The van der Waals surface area contributed by atoms with Gasteiger partial charge in [-0.25, -0.2) is 0 Å². The first-order valence-corrected chi connectivity index (χ1v) is 3.37. The molecular weight excluding hydrogens is 128 g/mol. The second-order valence-corrected chi connectivity index (χ2v) is 2.92. The molecule has 1 saturated heterocycles. The Morgan fingerprint density at radius 2 is 2.40 bits per heavy atom. The van der Waals surface area contributed by atoms with Crippen LogP contribution in [-0.4, -0.2) is 24.9 Å². The summed E-state index contributed by atoms with van der Waals surface area (Å²) in [6.07, 6.45) is 5.50. The van der Waals surface area contributed by atoms with Crippen molar-refractivity contribution in [1.82, 2.24) is 0 Å². The Balaban J connectivity index is 2.17. The Morgan fingerprint density at radius 1 is 1.80 bits per heavy atom. The average molecular weight is 140 g/mol. The van der Waals surface area contributed by atoms with Gasteiger partial charge in [-0.05, 0) is 13.8 Å². The van der Waals surface area contributed by atoms with Crippen molar-refractivity contribution in [2.75, 3.05) is 13.2 Å². The summed E-state index contributed by atoms with van der Waals surface area (Å²) in [6, 6.07) is 0. The molecule has 2 heteroatoms.